The lowest BCUT2D eigenvalue weighted by atomic mass is 10.0. The Balaban J connectivity index is 1.93. The highest BCUT2D eigenvalue weighted by Gasteiger charge is 2.31. The molecule has 1 aromatic carbocycles. The molecule has 1 aliphatic rings. The second-order valence-corrected chi connectivity index (χ2v) is 6.09. The van der Waals surface area contributed by atoms with E-state index in [1.54, 1.807) is 24.3 Å². The van der Waals surface area contributed by atoms with Gasteiger partial charge in [-0.2, -0.15) is 0 Å². The van der Waals surface area contributed by atoms with Crippen molar-refractivity contribution in [1.82, 2.24) is 4.90 Å². The first-order chi connectivity index (χ1) is 11.4. The largest absolute Gasteiger partial charge is 0.352 e. The van der Waals surface area contributed by atoms with Gasteiger partial charge in [0.25, 0.3) is 0 Å². The van der Waals surface area contributed by atoms with E-state index in [1.165, 1.54) is 24.3 Å². The second kappa shape index (κ2) is 8.13. The third kappa shape index (κ3) is 4.69. The monoisotopic (exact) mass is 331 g/mol. The molecule has 2 rings (SSSR count). The van der Waals surface area contributed by atoms with Gasteiger partial charge in [0.1, 0.15) is 12.1 Å². The van der Waals surface area contributed by atoms with Crippen LogP contribution in [0.4, 0.5) is 4.39 Å². The molecular formula is C19H22FNO3. The van der Waals surface area contributed by atoms with Crippen LogP contribution < -0.4 is 0 Å². The van der Waals surface area contributed by atoms with E-state index in [0.29, 0.717) is 12.8 Å². The molecule has 0 saturated heterocycles. The van der Waals surface area contributed by atoms with Crippen molar-refractivity contribution in [3.8, 4) is 0 Å². The van der Waals surface area contributed by atoms with Gasteiger partial charge in [-0.25, -0.2) is 4.39 Å². The summed E-state index contributed by atoms with van der Waals surface area (Å²) in [4.78, 5) is 24.5. The molecule has 0 aliphatic heterocycles. The molecule has 0 spiro atoms. The maximum atomic E-state index is 12.9. The Morgan fingerprint density at radius 3 is 2.38 bits per heavy atom. The first-order valence-electron chi connectivity index (χ1n) is 7.89. The van der Waals surface area contributed by atoms with Crippen molar-refractivity contribution < 1.29 is 18.7 Å². The van der Waals surface area contributed by atoms with Crippen molar-refractivity contribution in [2.75, 3.05) is 20.7 Å². The molecule has 0 aromatic heterocycles. The van der Waals surface area contributed by atoms with Crippen LogP contribution in [0.15, 0.2) is 48.6 Å². The molecule has 128 valence electrons. The molecule has 0 amide bonds. The fourth-order valence-corrected chi connectivity index (χ4v) is 2.47. The Kier molecular flexibility index (Phi) is 6.17. The van der Waals surface area contributed by atoms with E-state index in [1.807, 2.05) is 19.0 Å². The fourth-order valence-electron chi connectivity index (χ4n) is 2.47. The van der Waals surface area contributed by atoms with Crippen LogP contribution >= 0.6 is 0 Å². The number of allylic oxidation sites excluding steroid dienone is 2. The number of nitrogens with zero attached hydrogens (tertiary/aromatic N) is 1. The van der Waals surface area contributed by atoms with Gasteiger partial charge in [0.05, 0.1) is 6.61 Å². The molecule has 0 fully saturated rings. The number of benzene rings is 1. The molecule has 0 N–H and O–H groups in total. The SMILES string of the molecule is CN(C)C1(OCC(C=O)CCc2ccc(F)cc2)C=CC(=O)C=C1. The van der Waals surface area contributed by atoms with Gasteiger partial charge in [-0.1, -0.05) is 12.1 Å². The minimum Gasteiger partial charge on any atom is -0.352 e. The van der Waals surface area contributed by atoms with Crippen LogP contribution in [-0.2, 0) is 20.7 Å². The third-order valence-electron chi connectivity index (χ3n) is 4.11. The third-order valence-corrected chi connectivity index (χ3v) is 4.11. The summed E-state index contributed by atoms with van der Waals surface area (Å²) in [6, 6.07) is 6.27. The number of likely N-dealkylation sites (N-methyl/N-ethyl adjacent to an activating group) is 1. The van der Waals surface area contributed by atoms with Gasteiger partial charge in [0.15, 0.2) is 11.5 Å². The highest BCUT2D eigenvalue weighted by Crippen LogP contribution is 2.23. The van der Waals surface area contributed by atoms with Gasteiger partial charge >= 0.3 is 0 Å². The number of aldehydes is 1. The van der Waals surface area contributed by atoms with E-state index < -0.39 is 5.72 Å². The number of ketones is 1. The summed E-state index contributed by atoms with van der Waals surface area (Å²) in [6.07, 6.45) is 8.49. The normalized spacial score (nSPS) is 17.2. The first kappa shape index (κ1) is 18.2. The number of carbonyl (C=O) groups excluding carboxylic acids is 2. The predicted octanol–water partition coefficient (Wildman–Crippen LogP) is 2.54. The van der Waals surface area contributed by atoms with Gasteiger partial charge < -0.3 is 9.53 Å². The van der Waals surface area contributed by atoms with Gasteiger partial charge in [0.2, 0.25) is 0 Å². The van der Waals surface area contributed by atoms with Crippen molar-refractivity contribution in [3.05, 3.63) is 60.0 Å². The van der Waals surface area contributed by atoms with E-state index in [2.05, 4.69) is 0 Å². The van der Waals surface area contributed by atoms with Gasteiger partial charge in [-0.3, -0.25) is 9.69 Å². The smallest absolute Gasteiger partial charge is 0.178 e. The molecule has 24 heavy (non-hydrogen) atoms. The molecule has 1 aromatic rings. The number of halogens is 1. The summed E-state index contributed by atoms with van der Waals surface area (Å²) in [5, 5.41) is 0. The van der Waals surface area contributed by atoms with E-state index in [0.717, 1.165) is 11.8 Å². The number of ether oxygens (including phenoxy) is 1. The first-order valence-corrected chi connectivity index (χ1v) is 7.89. The summed E-state index contributed by atoms with van der Waals surface area (Å²) in [6.45, 7) is 0.242. The zero-order chi connectivity index (χ0) is 17.6. The Labute approximate surface area is 141 Å². The lowest BCUT2D eigenvalue weighted by Gasteiger charge is -2.36. The van der Waals surface area contributed by atoms with Crippen molar-refractivity contribution in [2.24, 2.45) is 5.92 Å². The number of hydrogen-bond donors (Lipinski definition) is 0. The predicted molar refractivity (Wildman–Crippen MR) is 89.9 cm³/mol. The minimum absolute atomic E-state index is 0.0840. The van der Waals surface area contributed by atoms with E-state index in [9.17, 15) is 14.0 Å². The molecule has 4 nitrogen and oxygen atoms in total. The molecule has 0 bridgehead atoms. The van der Waals surface area contributed by atoms with Gasteiger partial charge in [0, 0.05) is 5.92 Å². The maximum absolute atomic E-state index is 12.9. The summed E-state index contributed by atoms with van der Waals surface area (Å²) in [5.41, 5.74) is 0.166. The van der Waals surface area contributed by atoms with Crippen molar-refractivity contribution >= 4 is 12.1 Å². The average Bonchev–Trinajstić information content (AvgIpc) is 2.58. The number of carbonyl (C=O) groups is 2. The highest BCUT2D eigenvalue weighted by atomic mass is 19.1. The highest BCUT2D eigenvalue weighted by molar-refractivity contribution is 6.00. The van der Waals surface area contributed by atoms with E-state index in [4.69, 9.17) is 4.74 Å². The molecule has 5 heteroatoms. The van der Waals surface area contributed by atoms with Crippen LogP contribution in [0.5, 0.6) is 0 Å². The zero-order valence-electron chi connectivity index (χ0n) is 13.9. The van der Waals surface area contributed by atoms with Crippen molar-refractivity contribution in [1.29, 1.82) is 0 Å². The van der Waals surface area contributed by atoms with E-state index in [-0.39, 0.29) is 24.1 Å². The lowest BCUT2D eigenvalue weighted by Crippen LogP contribution is -2.45. The molecular weight excluding hydrogens is 309 g/mol. The number of hydrogen-bond acceptors (Lipinski definition) is 4. The molecule has 0 heterocycles. The molecule has 0 radical (unpaired) electrons. The average molecular weight is 331 g/mol. The quantitative estimate of drug-likeness (QED) is 0.542. The Bertz CT molecular complexity index is 619. The molecule has 1 aliphatic carbocycles. The standard InChI is InChI=1S/C19H22FNO3/c1-21(2)19(11-9-18(23)10-12-19)24-14-16(13-22)4-3-15-5-7-17(20)8-6-15/h5-13,16H,3-4,14H2,1-2H3. The topological polar surface area (TPSA) is 46.6 Å². The number of rotatable bonds is 8. The second-order valence-electron chi connectivity index (χ2n) is 6.09. The molecule has 1 unspecified atom stereocenters. The molecule has 0 saturated carbocycles. The minimum atomic E-state index is -0.814. The zero-order valence-corrected chi connectivity index (χ0v) is 13.9. The van der Waals surface area contributed by atoms with Crippen LogP contribution in [0.1, 0.15) is 12.0 Å². The van der Waals surface area contributed by atoms with Crippen molar-refractivity contribution in [2.45, 2.75) is 18.6 Å². The lowest BCUT2D eigenvalue weighted by molar-refractivity contribution is -0.120. The van der Waals surface area contributed by atoms with Gasteiger partial charge in [-0.05, 0) is 68.9 Å². The van der Waals surface area contributed by atoms with Crippen LogP contribution in [0, 0.1) is 11.7 Å². The fraction of sp³-hybridized carbons (Fsp3) is 0.368. The summed E-state index contributed by atoms with van der Waals surface area (Å²) in [5.74, 6) is -0.627. The van der Waals surface area contributed by atoms with Crippen LogP contribution in [0.2, 0.25) is 0 Å². The van der Waals surface area contributed by atoms with Crippen LogP contribution in [0.3, 0.4) is 0 Å². The maximum Gasteiger partial charge on any atom is 0.178 e. The van der Waals surface area contributed by atoms with Crippen molar-refractivity contribution in [3.63, 3.8) is 0 Å². The Hall–Kier alpha value is -2.11. The molecule has 1 atom stereocenters. The summed E-state index contributed by atoms with van der Waals surface area (Å²) < 4.78 is 18.9. The van der Waals surface area contributed by atoms with Crippen LogP contribution in [-0.4, -0.2) is 43.4 Å². The summed E-state index contributed by atoms with van der Waals surface area (Å²) in [7, 11) is 3.69. The Morgan fingerprint density at radius 1 is 1.21 bits per heavy atom. The summed E-state index contributed by atoms with van der Waals surface area (Å²) >= 11 is 0. The number of aryl methyl sites for hydroxylation is 1. The van der Waals surface area contributed by atoms with Crippen LogP contribution in [0.25, 0.3) is 0 Å². The van der Waals surface area contributed by atoms with Gasteiger partial charge in [-0.15, -0.1) is 0 Å². The Morgan fingerprint density at radius 2 is 1.83 bits per heavy atom. The van der Waals surface area contributed by atoms with E-state index >= 15 is 0 Å².